The Kier molecular flexibility index (Phi) is 7.30. The molecule has 1 saturated heterocycles. The number of hydrogen-bond donors (Lipinski definition) is 1. The molecule has 5 atom stereocenters. The molecule has 9 nitrogen and oxygen atoms in total. The van der Waals surface area contributed by atoms with Crippen molar-refractivity contribution in [3.63, 3.8) is 0 Å². The van der Waals surface area contributed by atoms with Crippen molar-refractivity contribution in [3.05, 3.63) is 0 Å². The third-order valence-corrected chi connectivity index (χ3v) is 3.30. The molecule has 1 N–H and O–H groups in total. The highest BCUT2D eigenvalue weighted by Gasteiger charge is 2.51. The summed E-state index contributed by atoms with van der Waals surface area (Å²) in [6.07, 6.45) is -5.63. The van der Waals surface area contributed by atoms with Crippen LogP contribution in [-0.2, 0) is 38.1 Å². The van der Waals surface area contributed by atoms with E-state index in [0.29, 0.717) is 0 Å². The van der Waals surface area contributed by atoms with Gasteiger partial charge in [-0.3, -0.25) is 19.2 Å². The minimum absolute atomic E-state index is 0.126. The van der Waals surface area contributed by atoms with Crippen LogP contribution in [0.1, 0.15) is 34.1 Å². The van der Waals surface area contributed by atoms with Crippen LogP contribution in [0.3, 0.4) is 0 Å². The van der Waals surface area contributed by atoms with Crippen molar-refractivity contribution < 1.29 is 43.2 Å². The molecule has 9 heteroatoms. The van der Waals surface area contributed by atoms with Crippen LogP contribution in [0.4, 0.5) is 0 Å². The van der Waals surface area contributed by atoms with E-state index in [2.05, 4.69) is 0 Å². The molecule has 0 amide bonds. The Bertz CT molecular complexity index is 501. The summed E-state index contributed by atoms with van der Waals surface area (Å²) < 4.78 is 21.0. The first-order valence-corrected chi connectivity index (χ1v) is 7.43. The number of ketones is 1. The Morgan fingerprint density at radius 3 is 1.58 bits per heavy atom. The van der Waals surface area contributed by atoms with E-state index in [1.165, 1.54) is 6.92 Å². The summed E-state index contributed by atoms with van der Waals surface area (Å²) in [7, 11) is 0. The van der Waals surface area contributed by atoms with Crippen molar-refractivity contribution in [1.29, 1.82) is 0 Å². The number of aliphatic hydroxyl groups is 1. The molecule has 1 heterocycles. The van der Waals surface area contributed by atoms with E-state index in [9.17, 15) is 24.3 Å². The van der Waals surface area contributed by atoms with E-state index in [1.807, 2.05) is 0 Å². The quantitative estimate of drug-likeness (QED) is 0.501. The topological polar surface area (TPSA) is 125 Å². The van der Waals surface area contributed by atoms with Crippen LogP contribution >= 0.6 is 0 Å². The smallest absolute Gasteiger partial charge is 0.303 e. The molecule has 1 rings (SSSR count). The minimum Gasteiger partial charge on any atom is -0.456 e. The van der Waals surface area contributed by atoms with Crippen LogP contribution in [0.15, 0.2) is 0 Å². The first-order valence-electron chi connectivity index (χ1n) is 7.43. The zero-order valence-electron chi connectivity index (χ0n) is 14.0. The average molecular weight is 346 g/mol. The Morgan fingerprint density at radius 1 is 0.792 bits per heavy atom. The van der Waals surface area contributed by atoms with Crippen LogP contribution in [0.25, 0.3) is 0 Å². The Balaban J connectivity index is 3.23. The fourth-order valence-corrected chi connectivity index (χ4v) is 2.58. The molecule has 0 bridgehead atoms. The van der Waals surface area contributed by atoms with Crippen molar-refractivity contribution in [3.8, 4) is 0 Å². The number of hydrogen-bond acceptors (Lipinski definition) is 9. The maximum absolute atomic E-state index is 11.5. The summed E-state index contributed by atoms with van der Waals surface area (Å²) in [5, 5.41) is 9.50. The van der Waals surface area contributed by atoms with Crippen LogP contribution in [0.2, 0.25) is 0 Å². The van der Waals surface area contributed by atoms with E-state index in [4.69, 9.17) is 18.9 Å². The summed E-state index contributed by atoms with van der Waals surface area (Å²) in [5.74, 6) is -2.32. The highest BCUT2D eigenvalue weighted by Crippen LogP contribution is 2.30. The zero-order valence-corrected chi connectivity index (χ0v) is 14.0. The maximum Gasteiger partial charge on any atom is 0.303 e. The first kappa shape index (κ1) is 20.0. The standard InChI is InChI=1S/C15H22O9/c1-7(17)5-11-13(21-8(2)18)15(23-10(4)20)14(22-9(3)19)12(6-16)24-11/h11-16H,5-6H2,1-4H3. The van der Waals surface area contributed by atoms with Gasteiger partial charge in [-0.15, -0.1) is 0 Å². The summed E-state index contributed by atoms with van der Waals surface area (Å²) in [5.41, 5.74) is 0. The van der Waals surface area contributed by atoms with E-state index in [0.717, 1.165) is 20.8 Å². The van der Waals surface area contributed by atoms with Gasteiger partial charge in [-0.25, -0.2) is 0 Å². The molecule has 0 aromatic rings. The van der Waals surface area contributed by atoms with Crippen molar-refractivity contribution in [2.75, 3.05) is 6.61 Å². The molecule has 1 fully saturated rings. The van der Waals surface area contributed by atoms with Gasteiger partial charge < -0.3 is 24.1 Å². The van der Waals surface area contributed by atoms with Gasteiger partial charge in [-0.05, 0) is 6.92 Å². The van der Waals surface area contributed by atoms with E-state index in [1.54, 1.807) is 0 Å². The molecule has 0 spiro atoms. The van der Waals surface area contributed by atoms with Gasteiger partial charge in [-0.2, -0.15) is 0 Å². The minimum atomic E-state index is -1.20. The lowest BCUT2D eigenvalue weighted by Crippen LogP contribution is -2.62. The summed E-state index contributed by atoms with van der Waals surface area (Å²) >= 11 is 0. The number of ether oxygens (including phenoxy) is 4. The predicted octanol–water partition coefficient (Wildman–Crippen LogP) is -0.480. The van der Waals surface area contributed by atoms with Crippen molar-refractivity contribution in [2.45, 2.75) is 64.6 Å². The molecule has 0 saturated carbocycles. The molecule has 136 valence electrons. The zero-order chi connectivity index (χ0) is 18.4. The van der Waals surface area contributed by atoms with Gasteiger partial charge in [0.1, 0.15) is 18.0 Å². The van der Waals surface area contributed by atoms with E-state index < -0.39 is 55.0 Å². The summed E-state index contributed by atoms with van der Waals surface area (Å²) in [4.78, 5) is 45.6. The molecule has 24 heavy (non-hydrogen) atoms. The van der Waals surface area contributed by atoms with E-state index in [-0.39, 0.29) is 12.2 Å². The number of carbonyl (C=O) groups excluding carboxylic acids is 4. The molecule has 1 aliphatic rings. The van der Waals surface area contributed by atoms with Crippen molar-refractivity contribution >= 4 is 23.7 Å². The second-order valence-electron chi connectivity index (χ2n) is 5.52. The molecule has 0 radical (unpaired) electrons. The average Bonchev–Trinajstić information content (AvgIpc) is 2.42. The third-order valence-electron chi connectivity index (χ3n) is 3.30. The summed E-state index contributed by atoms with van der Waals surface area (Å²) in [6, 6.07) is 0. The SMILES string of the molecule is CC(=O)CC1OC(CO)C(OC(C)=O)C(OC(C)=O)C1OC(C)=O. The van der Waals surface area contributed by atoms with Gasteiger partial charge in [0, 0.05) is 27.2 Å². The molecular formula is C15H22O9. The molecule has 0 aromatic carbocycles. The fraction of sp³-hybridized carbons (Fsp3) is 0.733. The van der Waals surface area contributed by atoms with Gasteiger partial charge >= 0.3 is 17.9 Å². The number of aliphatic hydroxyl groups excluding tert-OH is 1. The number of Topliss-reactive ketones (excluding diaryl/α,β-unsaturated/α-hetero) is 1. The van der Waals surface area contributed by atoms with Gasteiger partial charge in [0.05, 0.1) is 6.61 Å². The predicted molar refractivity (Wildman–Crippen MR) is 77.7 cm³/mol. The lowest BCUT2D eigenvalue weighted by molar-refractivity contribution is -0.251. The lowest BCUT2D eigenvalue weighted by atomic mass is 9.92. The molecular weight excluding hydrogens is 324 g/mol. The van der Waals surface area contributed by atoms with Crippen molar-refractivity contribution in [1.82, 2.24) is 0 Å². The van der Waals surface area contributed by atoms with Gasteiger partial charge in [-0.1, -0.05) is 0 Å². The Morgan fingerprint density at radius 2 is 1.21 bits per heavy atom. The third kappa shape index (κ3) is 5.57. The number of esters is 3. The normalized spacial score (nSPS) is 29.5. The molecule has 0 aromatic heterocycles. The van der Waals surface area contributed by atoms with Gasteiger partial charge in [0.2, 0.25) is 0 Å². The lowest BCUT2D eigenvalue weighted by Gasteiger charge is -2.44. The second kappa shape index (κ2) is 8.74. The fourth-order valence-electron chi connectivity index (χ4n) is 2.58. The Hall–Kier alpha value is -2.00. The molecule has 1 aliphatic heterocycles. The molecule has 5 unspecified atom stereocenters. The Labute approximate surface area is 139 Å². The summed E-state index contributed by atoms with van der Waals surface area (Å²) in [6.45, 7) is 4.20. The van der Waals surface area contributed by atoms with Crippen LogP contribution < -0.4 is 0 Å². The maximum atomic E-state index is 11.5. The van der Waals surface area contributed by atoms with Gasteiger partial charge in [0.25, 0.3) is 0 Å². The highest BCUT2D eigenvalue weighted by molar-refractivity contribution is 5.76. The van der Waals surface area contributed by atoms with Crippen LogP contribution in [0, 0.1) is 0 Å². The monoisotopic (exact) mass is 346 g/mol. The molecule has 0 aliphatic carbocycles. The largest absolute Gasteiger partial charge is 0.456 e. The van der Waals surface area contributed by atoms with Crippen LogP contribution in [-0.4, -0.2) is 65.9 Å². The van der Waals surface area contributed by atoms with Gasteiger partial charge in [0.15, 0.2) is 18.3 Å². The first-order chi connectivity index (χ1) is 11.1. The van der Waals surface area contributed by atoms with E-state index >= 15 is 0 Å². The van der Waals surface area contributed by atoms with Crippen molar-refractivity contribution in [2.24, 2.45) is 0 Å². The highest BCUT2D eigenvalue weighted by atomic mass is 16.6. The second-order valence-corrected chi connectivity index (χ2v) is 5.52. The van der Waals surface area contributed by atoms with Crippen LogP contribution in [0.5, 0.6) is 0 Å². The number of carbonyl (C=O) groups is 4. The number of rotatable bonds is 6.